The monoisotopic (exact) mass is 819 g/mol. The molecule has 0 radical (unpaired) electrons. The van der Waals surface area contributed by atoms with Crippen LogP contribution in [-0.4, -0.2) is 15.0 Å². The molecule has 0 bridgehead atoms. The van der Waals surface area contributed by atoms with Crippen LogP contribution < -0.4 is 0 Å². The number of fused-ring (bicyclic) bond motifs is 6. The number of aromatic nitrogens is 3. The van der Waals surface area contributed by atoms with Gasteiger partial charge in [-0.3, -0.25) is 0 Å². The lowest BCUT2D eigenvalue weighted by Gasteiger charge is -2.15. The summed E-state index contributed by atoms with van der Waals surface area (Å²) in [4.78, 5) is 15.6. The van der Waals surface area contributed by atoms with E-state index >= 15 is 0 Å². The van der Waals surface area contributed by atoms with Crippen molar-refractivity contribution >= 4 is 53.2 Å². The van der Waals surface area contributed by atoms with Gasteiger partial charge >= 0.3 is 0 Å². The molecule has 63 heavy (non-hydrogen) atoms. The standard InChI is InChI=1S/C59H37N3S/c1-4-14-39(15-5-1)46-21-12-24-50-56(46)51-36-45(34-35-52(51)60-57(50)43-16-6-2-7-17-43)38-26-30-41(31-27-38)53-37-54(62-59(61-53)44-18-8-3-9-19-44)42-32-28-40(29-33-42)47-22-13-23-49-48-20-10-11-25-55(48)63-58(47)49/h1-37H. The van der Waals surface area contributed by atoms with Crippen LogP contribution in [0.4, 0.5) is 0 Å². The van der Waals surface area contributed by atoms with Gasteiger partial charge in [0.05, 0.1) is 22.6 Å². The summed E-state index contributed by atoms with van der Waals surface area (Å²) in [6.07, 6.45) is 0. The first kappa shape index (κ1) is 36.8. The summed E-state index contributed by atoms with van der Waals surface area (Å²) in [6.45, 7) is 0. The van der Waals surface area contributed by atoms with Crippen molar-refractivity contribution in [1.82, 2.24) is 15.0 Å². The van der Waals surface area contributed by atoms with Gasteiger partial charge in [0.1, 0.15) is 0 Å². The lowest BCUT2D eigenvalue weighted by Crippen LogP contribution is -1.96. The van der Waals surface area contributed by atoms with Gasteiger partial charge < -0.3 is 0 Å². The van der Waals surface area contributed by atoms with Crippen LogP contribution in [0.1, 0.15) is 0 Å². The van der Waals surface area contributed by atoms with E-state index in [0.717, 1.165) is 66.8 Å². The van der Waals surface area contributed by atoms with Crippen LogP contribution in [0.15, 0.2) is 224 Å². The minimum Gasteiger partial charge on any atom is -0.247 e. The van der Waals surface area contributed by atoms with E-state index in [9.17, 15) is 0 Å². The van der Waals surface area contributed by atoms with Crippen molar-refractivity contribution in [3.63, 3.8) is 0 Å². The summed E-state index contributed by atoms with van der Waals surface area (Å²) < 4.78 is 2.62. The van der Waals surface area contributed by atoms with Crippen LogP contribution in [0.5, 0.6) is 0 Å². The first-order chi connectivity index (χ1) is 31.2. The Balaban J connectivity index is 0.932. The molecule has 3 heterocycles. The third-order valence-corrected chi connectivity index (χ3v) is 13.3. The average molecular weight is 820 g/mol. The fourth-order valence-electron chi connectivity index (χ4n) is 9.00. The molecule has 294 valence electrons. The van der Waals surface area contributed by atoms with E-state index in [-0.39, 0.29) is 0 Å². The molecule has 9 aromatic carbocycles. The largest absolute Gasteiger partial charge is 0.247 e. The molecule has 0 saturated carbocycles. The molecule has 12 aromatic rings. The van der Waals surface area contributed by atoms with Gasteiger partial charge in [-0.25, -0.2) is 15.0 Å². The van der Waals surface area contributed by atoms with Crippen LogP contribution in [0.25, 0.3) is 120 Å². The Morgan fingerprint density at radius 2 is 0.825 bits per heavy atom. The van der Waals surface area contributed by atoms with Crippen molar-refractivity contribution in [2.45, 2.75) is 0 Å². The molecule has 0 N–H and O–H groups in total. The maximum Gasteiger partial charge on any atom is 0.160 e. The zero-order chi connectivity index (χ0) is 41.7. The van der Waals surface area contributed by atoms with E-state index in [2.05, 4.69) is 206 Å². The lowest BCUT2D eigenvalue weighted by molar-refractivity contribution is 1.18. The molecule has 0 unspecified atom stereocenters. The Labute approximate surface area is 369 Å². The highest BCUT2D eigenvalue weighted by atomic mass is 32.1. The summed E-state index contributed by atoms with van der Waals surface area (Å²) in [7, 11) is 0. The highest BCUT2D eigenvalue weighted by Gasteiger charge is 2.17. The van der Waals surface area contributed by atoms with Gasteiger partial charge in [-0.1, -0.05) is 200 Å². The normalized spacial score (nSPS) is 11.5. The predicted octanol–water partition coefficient (Wildman–Crippen LogP) is 16.2. The Hall–Kier alpha value is -8.05. The van der Waals surface area contributed by atoms with Crippen LogP contribution >= 0.6 is 11.3 Å². The van der Waals surface area contributed by atoms with Crippen LogP contribution in [0.2, 0.25) is 0 Å². The SMILES string of the molecule is c1ccc(-c2nc(-c3ccc(-c4ccc5nc(-c6ccccc6)c6cccc(-c7ccccc7)c6c5c4)cc3)cc(-c3ccc(-c4cccc5c4sc4ccccc45)cc3)n2)cc1. The topological polar surface area (TPSA) is 38.7 Å². The second-order valence-corrected chi connectivity index (χ2v) is 17.0. The number of rotatable bonds is 7. The third-order valence-electron chi connectivity index (χ3n) is 12.1. The number of hydrogen-bond acceptors (Lipinski definition) is 4. The molecule has 0 atom stereocenters. The molecule has 12 rings (SSSR count). The van der Waals surface area contributed by atoms with E-state index < -0.39 is 0 Å². The number of pyridine rings is 1. The molecule has 0 aliphatic carbocycles. The smallest absolute Gasteiger partial charge is 0.160 e. The van der Waals surface area contributed by atoms with Crippen molar-refractivity contribution in [2.75, 3.05) is 0 Å². The third kappa shape index (κ3) is 6.65. The van der Waals surface area contributed by atoms with Gasteiger partial charge in [0.15, 0.2) is 5.82 Å². The van der Waals surface area contributed by atoms with Gasteiger partial charge in [-0.15, -0.1) is 11.3 Å². The molecule has 3 nitrogen and oxygen atoms in total. The lowest BCUT2D eigenvalue weighted by atomic mass is 9.91. The summed E-state index contributed by atoms with van der Waals surface area (Å²) in [5, 5.41) is 6.09. The summed E-state index contributed by atoms with van der Waals surface area (Å²) in [5.41, 5.74) is 15.0. The zero-order valence-electron chi connectivity index (χ0n) is 34.1. The number of thiophene rings is 1. The molecule has 0 saturated heterocycles. The Bertz CT molecular complexity index is 3640. The molecular formula is C59H37N3S. The predicted molar refractivity (Wildman–Crippen MR) is 266 cm³/mol. The van der Waals surface area contributed by atoms with Gasteiger partial charge in [0.2, 0.25) is 0 Å². The Kier molecular flexibility index (Phi) is 9.02. The minimum atomic E-state index is 0.698. The van der Waals surface area contributed by atoms with Gasteiger partial charge in [0, 0.05) is 58.6 Å². The second-order valence-electron chi connectivity index (χ2n) is 15.9. The maximum absolute atomic E-state index is 5.29. The summed E-state index contributed by atoms with van der Waals surface area (Å²) in [6, 6.07) is 79.7. The van der Waals surface area contributed by atoms with Crippen molar-refractivity contribution in [1.29, 1.82) is 0 Å². The Morgan fingerprint density at radius 3 is 1.52 bits per heavy atom. The van der Waals surface area contributed by atoms with Crippen LogP contribution in [-0.2, 0) is 0 Å². The number of hydrogen-bond donors (Lipinski definition) is 0. The Morgan fingerprint density at radius 1 is 0.302 bits per heavy atom. The van der Waals surface area contributed by atoms with E-state index in [1.54, 1.807) is 0 Å². The fourth-order valence-corrected chi connectivity index (χ4v) is 10.2. The number of benzene rings is 9. The highest BCUT2D eigenvalue weighted by molar-refractivity contribution is 7.26. The quantitative estimate of drug-likeness (QED) is 0.150. The van der Waals surface area contributed by atoms with Gasteiger partial charge in [-0.05, 0) is 57.6 Å². The first-order valence-corrected chi connectivity index (χ1v) is 22.1. The average Bonchev–Trinajstić information content (AvgIpc) is 3.76. The summed E-state index contributed by atoms with van der Waals surface area (Å²) >= 11 is 1.86. The van der Waals surface area contributed by atoms with Crippen molar-refractivity contribution in [3.05, 3.63) is 224 Å². The second kappa shape index (κ2) is 15.4. The van der Waals surface area contributed by atoms with Gasteiger partial charge in [-0.2, -0.15) is 0 Å². The van der Waals surface area contributed by atoms with E-state index in [1.165, 1.54) is 47.8 Å². The van der Waals surface area contributed by atoms with Crippen molar-refractivity contribution in [3.8, 4) is 78.5 Å². The van der Waals surface area contributed by atoms with Crippen LogP contribution in [0.3, 0.4) is 0 Å². The molecule has 3 aromatic heterocycles. The van der Waals surface area contributed by atoms with Crippen molar-refractivity contribution in [2.24, 2.45) is 0 Å². The first-order valence-electron chi connectivity index (χ1n) is 21.3. The molecule has 0 spiro atoms. The van der Waals surface area contributed by atoms with Crippen molar-refractivity contribution < 1.29 is 0 Å². The van der Waals surface area contributed by atoms with Crippen LogP contribution in [0, 0.1) is 0 Å². The summed E-state index contributed by atoms with van der Waals surface area (Å²) in [5.74, 6) is 0.698. The molecule has 0 fully saturated rings. The number of nitrogens with zero attached hydrogens (tertiary/aromatic N) is 3. The van der Waals surface area contributed by atoms with Gasteiger partial charge in [0.25, 0.3) is 0 Å². The van der Waals surface area contributed by atoms with E-state index in [0.29, 0.717) is 5.82 Å². The molecule has 0 aliphatic rings. The highest BCUT2D eigenvalue weighted by Crippen LogP contribution is 2.42. The van der Waals surface area contributed by atoms with E-state index in [4.69, 9.17) is 15.0 Å². The molecule has 4 heteroatoms. The van der Waals surface area contributed by atoms with E-state index in [1.807, 2.05) is 29.5 Å². The maximum atomic E-state index is 5.29. The molecule has 0 amide bonds. The zero-order valence-corrected chi connectivity index (χ0v) is 34.9. The molecular weight excluding hydrogens is 783 g/mol. The molecule has 0 aliphatic heterocycles. The fraction of sp³-hybridized carbons (Fsp3) is 0. The minimum absolute atomic E-state index is 0.698.